The Labute approximate surface area is 92.1 Å². The molecule has 0 aliphatic carbocycles. The van der Waals surface area contributed by atoms with Crippen LogP contribution < -0.4 is 10.6 Å². The average Bonchev–Trinajstić information content (AvgIpc) is 2.26. The largest absolute Gasteiger partial charge is 0.399 e. The summed E-state index contributed by atoms with van der Waals surface area (Å²) < 4.78 is 0. The van der Waals surface area contributed by atoms with E-state index in [1.165, 1.54) is 11.3 Å². The number of nitrogens with two attached hydrogens (primary N) is 1. The van der Waals surface area contributed by atoms with E-state index < -0.39 is 0 Å². The molecular weight excluding hydrogens is 184 g/mol. The summed E-state index contributed by atoms with van der Waals surface area (Å²) in [6.07, 6.45) is 0. The Morgan fingerprint density at radius 1 is 1.13 bits per heavy atom. The van der Waals surface area contributed by atoms with Crippen LogP contribution in [0.5, 0.6) is 0 Å². The number of hydrogen-bond donors (Lipinski definition) is 1. The summed E-state index contributed by atoms with van der Waals surface area (Å²) in [6.45, 7) is 9.16. The molecule has 1 heterocycles. The molecule has 0 saturated heterocycles. The number of fused-ring (bicyclic) bond motifs is 1. The van der Waals surface area contributed by atoms with E-state index in [9.17, 15) is 0 Å². The SMILES string of the molecule is CN1c2cc(N)ccc2C(C)(C)C1(C)C. The third kappa shape index (κ3) is 1.11. The second-order valence-corrected chi connectivity index (χ2v) is 5.52. The molecule has 2 nitrogen and oxygen atoms in total. The van der Waals surface area contributed by atoms with E-state index in [-0.39, 0.29) is 11.0 Å². The maximum absolute atomic E-state index is 5.84. The molecule has 0 radical (unpaired) electrons. The highest BCUT2D eigenvalue weighted by Gasteiger charge is 2.48. The Hall–Kier alpha value is -1.18. The van der Waals surface area contributed by atoms with Gasteiger partial charge in [0, 0.05) is 29.4 Å². The van der Waals surface area contributed by atoms with Gasteiger partial charge in [-0.15, -0.1) is 0 Å². The second kappa shape index (κ2) is 2.69. The number of nitrogen functional groups attached to an aromatic ring is 1. The fourth-order valence-corrected chi connectivity index (χ4v) is 2.40. The fraction of sp³-hybridized carbons (Fsp3) is 0.538. The van der Waals surface area contributed by atoms with Crippen LogP contribution in [0, 0.1) is 0 Å². The highest BCUT2D eigenvalue weighted by atomic mass is 15.2. The lowest BCUT2D eigenvalue weighted by Crippen LogP contribution is -2.49. The van der Waals surface area contributed by atoms with Crippen molar-refractivity contribution in [2.24, 2.45) is 0 Å². The minimum atomic E-state index is 0.128. The van der Waals surface area contributed by atoms with Crippen LogP contribution in [0.2, 0.25) is 0 Å². The third-order valence-corrected chi connectivity index (χ3v) is 4.42. The van der Waals surface area contributed by atoms with Gasteiger partial charge in [-0.1, -0.05) is 19.9 Å². The molecule has 15 heavy (non-hydrogen) atoms. The van der Waals surface area contributed by atoms with E-state index >= 15 is 0 Å². The molecule has 0 aromatic heterocycles. The molecular formula is C13H20N2. The van der Waals surface area contributed by atoms with Crippen LogP contribution in [0.4, 0.5) is 11.4 Å². The van der Waals surface area contributed by atoms with Crippen LogP contribution in [0.1, 0.15) is 33.3 Å². The molecule has 0 spiro atoms. The quantitative estimate of drug-likeness (QED) is 0.658. The first-order chi connectivity index (χ1) is 6.78. The van der Waals surface area contributed by atoms with Crippen molar-refractivity contribution < 1.29 is 0 Å². The third-order valence-electron chi connectivity index (χ3n) is 4.42. The Balaban J connectivity index is 2.68. The Morgan fingerprint density at radius 2 is 1.73 bits per heavy atom. The van der Waals surface area contributed by atoms with Gasteiger partial charge >= 0.3 is 0 Å². The molecule has 0 atom stereocenters. The molecule has 82 valence electrons. The molecule has 0 saturated carbocycles. The lowest BCUT2D eigenvalue weighted by Gasteiger charge is -2.40. The van der Waals surface area contributed by atoms with Crippen molar-refractivity contribution in [3.8, 4) is 0 Å². The van der Waals surface area contributed by atoms with E-state index in [0.29, 0.717) is 0 Å². The number of rotatable bonds is 0. The Bertz CT molecular complexity index is 405. The van der Waals surface area contributed by atoms with Crippen molar-refractivity contribution in [2.75, 3.05) is 17.7 Å². The first kappa shape index (κ1) is 10.3. The molecule has 0 fully saturated rings. The number of nitrogens with zero attached hydrogens (tertiary/aromatic N) is 1. The molecule has 1 aliphatic rings. The fourth-order valence-electron chi connectivity index (χ4n) is 2.40. The Kier molecular flexibility index (Phi) is 1.85. The van der Waals surface area contributed by atoms with Gasteiger partial charge in [0.25, 0.3) is 0 Å². The van der Waals surface area contributed by atoms with E-state index in [0.717, 1.165) is 5.69 Å². The van der Waals surface area contributed by atoms with Crippen molar-refractivity contribution >= 4 is 11.4 Å². The van der Waals surface area contributed by atoms with Gasteiger partial charge in [-0.3, -0.25) is 0 Å². The maximum atomic E-state index is 5.84. The topological polar surface area (TPSA) is 29.3 Å². The summed E-state index contributed by atoms with van der Waals surface area (Å²) in [6, 6.07) is 6.23. The van der Waals surface area contributed by atoms with Crippen LogP contribution in [0.25, 0.3) is 0 Å². The number of hydrogen-bond acceptors (Lipinski definition) is 2. The molecule has 2 N–H and O–H groups in total. The Morgan fingerprint density at radius 3 is 2.33 bits per heavy atom. The summed E-state index contributed by atoms with van der Waals surface area (Å²) in [5.41, 5.74) is 9.63. The molecule has 0 amide bonds. The van der Waals surface area contributed by atoms with E-state index in [4.69, 9.17) is 5.73 Å². The minimum Gasteiger partial charge on any atom is -0.399 e. The number of anilines is 2. The zero-order valence-electron chi connectivity index (χ0n) is 10.3. The average molecular weight is 204 g/mol. The van der Waals surface area contributed by atoms with Crippen molar-refractivity contribution in [3.63, 3.8) is 0 Å². The van der Waals surface area contributed by atoms with E-state index in [1.54, 1.807) is 0 Å². The summed E-state index contributed by atoms with van der Waals surface area (Å²) >= 11 is 0. The van der Waals surface area contributed by atoms with Crippen LogP contribution >= 0.6 is 0 Å². The lowest BCUT2D eigenvalue weighted by atomic mass is 9.72. The lowest BCUT2D eigenvalue weighted by molar-refractivity contribution is 0.322. The zero-order valence-corrected chi connectivity index (χ0v) is 10.3. The van der Waals surface area contributed by atoms with Crippen molar-refractivity contribution in [1.82, 2.24) is 0 Å². The predicted molar refractivity (Wildman–Crippen MR) is 66.4 cm³/mol. The van der Waals surface area contributed by atoms with Crippen LogP contribution in [0.3, 0.4) is 0 Å². The van der Waals surface area contributed by atoms with Gasteiger partial charge < -0.3 is 10.6 Å². The van der Waals surface area contributed by atoms with Crippen LogP contribution in [-0.4, -0.2) is 12.6 Å². The van der Waals surface area contributed by atoms with Gasteiger partial charge in [-0.25, -0.2) is 0 Å². The van der Waals surface area contributed by atoms with Gasteiger partial charge in [-0.05, 0) is 31.5 Å². The van der Waals surface area contributed by atoms with Crippen LogP contribution in [0.15, 0.2) is 18.2 Å². The smallest absolute Gasteiger partial charge is 0.0434 e. The molecule has 0 unspecified atom stereocenters. The van der Waals surface area contributed by atoms with Gasteiger partial charge in [0.15, 0.2) is 0 Å². The first-order valence-corrected chi connectivity index (χ1v) is 5.42. The molecule has 2 rings (SSSR count). The molecule has 2 heteroatoms. The van der Waals surface area contributed by atoms with Crippen molar-refractivity contribution in [2.45, 2.75) is 38.6 Å². The minimum absolute atomic E-state index is 0.128. The van der Waals surface area contributed by atoms with E-state index in [1.807, 2.05) is 6.07 Å². The highest BCUT2D eigenvalue weighted by Crippen LogP contribution is 2.50. The molecule has 1 aliphatic heterocycles. The second-order valence-electron chi connectivity index (χ2n) is 5.52. The predicted octanol–water partition coefficient (Wildman–Crippen LogP) is 2.77. The zero-order chi connectivity index (χ0) is 11.4. The van der Waals surface area contributed by atoms with Crippen molar-refractivity contribution in [3.05, 3.63) is 23.8 Å². The molecule has 1 aromatic carbocycles. The van der Waals surface area contributed by atoms with Crippen molar-refractivity contribution in [1.29, 1.82) is 0 Å². The van der Waals surface area contributed by atoms with Gasteiger partial charge in [0.05, 0.1) is 0 Å². The molecule has 1 aromatic rings. The first-order valence-electron chi connectivity index (χ1n) is 5.42. The summed E-state index contributed by atoms with van der Waals surface area (Å²) in [5.74, 6) is 0. The van der Waals surface area contributed by atoms with Gasteiger partial charge in [0.2, 0.25) is 0 Å². The normalized spacial score (nSPS) is 21.5. The monoisotopic (exact) mass is 204 g/mol. The molecule has 0 bridgehead atoms. The summed E-state index contributed by atoms with van der Waals surface area (Å²) in [4.78, 5) is 2.33. The maximum Gasteiger partial charge on any atom is 0.0434 e. The van der Waals surface area contributed by atoms with Crippen LogP contribution in [-0.2, 0) is 5.41 Å². The number of likely N-dealkylation sites (N-methyl/N-ethyl adjacent to an activating group) is 1. The van der Waals surface area contributed by atoms with Gasteiger partial charge in [-0.2, -0.15) is 0 Å². The number of benzene rings is 1. The standard InChI is InChI=1S/C13H20N2/c1-12(2)10-7-6-9(14)8-11(10)15(5)13(12,3)4/h6-8H,14H2,1-5H3. The van der Waals surface area contributed by atoms with E-state index in [2.05, 4.69) is 51.8 Å². The summed E-state index contributed by atoms with van der Waals surface area (Å²) in [7, 11) is 2.15. The van der Waals surface area contributed by atoms with Gasteiger partial charge in [0.1, 0.15) is 0 Å². The highest BCUT2D eigenvalue weighted by molar-refractivity contribution is 5.69. The summed E-state index contributed by atoms with van der Waals surface area (Å²) in [5, 5.41) is 0.